The van der Waals surface area contributed by atoms with Crippen LogP contribution in [0.15, 0.2) is 160 Å². The molecule has 11 rings (SSSR count). The Morgan fingerprint density at radius 2 is 0.980 bits per heavy atom. The summed E-state index contributed by atoms with van der Waals surface area (Å²) in [5.41, 5.74) is 8.52. The molecule has 0 aliphatic rings. The van der Waals surface area contributed by atoms with Gasteiger partial charge in [0.1, 0.15) is 22.3 Å². The van der Waals surface area contributed by atoms with Crippen LogP contribution in [-0.4, -0.2) is 15.0 Å². The summed E-state index contributed by atoms with van der Waals surface area (Å²) in [4.78, 5) is 15.3. The average molecular weight is 672 g/mol. The van der Waals surface area contributed by atoms with Gasteiger partial charge in [-0.2, -0.15) is 0 Å². The fourth-order valence-corrected chi connectivity index (χ4v) is 8.52. The Kier molecular flexibility index (Phi) is 6.05. The highest BCUT2D eigenvalue weighted by molar-refractivity contribution is 7.26. The lowest BCUT2D eigenvalue weighted by atomic mass is 10.00. The van der Waals surface area contributed by atoms with Crippen molar-refractivity contribution in [2.75, 3.05) is 0 Å². The van der Waals surface area contributed by atoms with Gasteiger partial charge in [0.05, 0.1) is 0 Å². The van der Waals surface area contributed by atoms with Crippen molar-refractivity contribution in [3.8, 4) is 45.3 Å². The molecule has 0 radical (unpaired) electrons. The van der Waals surface area contributed by atoms with E-state index in [9.17, 15) is 0 Å². The summed E-state index contributed by atoms with van der Waals surface area (Å²) >= 11 is 1.77. The van der Waals surface area contributed by atoms with Gasteiger partial charge in [0.15, 0.2) is 17.5 Å². The molecule has 0 fully saturated rings. The SMILES string of the molecule is c1ccc(-c2nc(-c3ccc4oc5ccccc5c4c3)nc(-c3cccc4c3sc3ccc(-c5cccc6c5oc5ccccc56)cc34)n2)cc1. The molecule has 0 unspecified atom stereocenters. The number of benzene rings is 7. The van der Waals surface area contributed by atoms with Crippen molar-refractivity contribution >= 4 is 75.4 Å². The van der Waals surface area contributed by atoms with E-state index in [1.54, 1.807) is 11.3 Å². The van der Waals surface area contributed by atoms with Crippen LogP contribution >= 0.6 is 11.3 Å². The summed E-state index contributed by atoms with van der Waals surface area (Å²) in [5, 5.41) is 6.72. The van der Waals surface area contributed by atoms with Crippen LogP contribution in [0.1, 0.15) is 0 Å². The third kappa shape index (κ3) is 4.43. The van der Waals surface area contributed by atoms with E-state index in [0.29, 0.717) is 17.5 Å². The molecule has 0 saturated heterocycles. The van der Waals surface area contributed by atoms with Gasteiger partial charge in [-0.1, -0.05) is 103 Å². The van der Waals surface area contributed by atoms with Gasteiger partial charge in [-0.15, -0.1) is 11.3 Å². The van der Waals surface area contributed by atoms with E-state index in [1.807, 2.05) is 72.8 Å². The van der Waals surface area contributed by atoms with Gasteiger partial charge in [0.2, 0.25) is 0 Å². The maximum atomic E-state index is 6.41. The smallest absolute Gasteiger partial charge is 0.165 e. The molecule has 7 aromatic carbocycles. The summed E-state index contributed by atoms with van der Waals surface area (Å²) in [7, 11) is 0. The predicted molar refractivity (Wildman–Crippen MR) is 209 cm³/mol. The number of rotatable bonds is 4. The first-order valence-electron chi connectivity index (χ1n) is 16.8. The van der Waals surface area contributed by atoms with E-state index in [1.165, 1.54) is 15.5 Å². The van der Waals surface area contributed by atoms with Crippen LogP contribution in [0.3, 0.4) is 0 Å². The summed E-state index contributed by atoms with van der Waals surface area (Å²) < 4.78 is 14.9. The van der Waals surface area contributed by atoms with Crippen molar-refractivity contribution in [1.29, 1.82) is 0 Å². The first-order valence-corrected chi connectivity index (χ1v) is 17.7. The maximum absolute atomic E-state index is 6.41. The summed E-state index contributed by atoms with van der Waals surface area (Å²) in [5.74, 6) is 1.89. The van der Waals surface area contributed by atoms with E-state index in [2.05, 4.69) is 78.9 Å². The fourth-order valence-electron chi connectivity index (χ4n) is 7.32. The number of hydrogen-bond donors (Lipinski definition) is 0. The average Bonchev–Trinajstić information content (AvgIpc) is 3.89. The molecule has 5 nitrogen and oxygen atoms in total. The maximum Gasteiger partial charge on any atom is 0.165 e. The van der Waals surface area contributed by atoms with Crippen LogP contribution in [0.5, 0.6) is 0 Å². The van der Waals surface area contributed by atoms with Gasteiger partial charge in [-0.25, -0.2) is 15.0 Å². The summed E-state index contributed by atoms with van der Waals surface area (Å²) in [6, 6.07) is 52.1. The predicted octanol–water partition coefficient (Wildman–Crippen LogP) is 12.7. The second-order valence-electron chi connectivity index (χ2n) is 12.8. The molecule has 51 heavy (non-hydrogen) atoms. The van der Waals surface area contributed by atoms with E-state index < -0.39 is 0 Å². The van der Waals surface area contributed by atoms with Gasteiger partial charge in [-0.05, 0) is 54.1 Å². The molecule has 6 heteroatoms. The van der Waals surface area contributed by atoms with Crippen molar-refractivity contribution in [1.82, 2.24) is 15.0 Å². The van der Waals surface area contributed by atoms with Crippen LogP contribution in [-0.2, 0) is 0 Å². The molecule has 0 N–H and O–H groups in total. The highest BCUT2D eigenvalue weighted by Gasteiger charge is 2.19. The lowest BCUT2D eigenvalue weighted by molar-refractivity contribution is 0.669. The quantitative estimate of drug-likeness (QED) is 0.186. The Balaban J connectivity index is 1.09. The monoisotopic (exact) mass is 671 g/mol. The number of para-hydroxylation sites is 3. The van der Waals surface area contributed by atoms with Crippen molar-refractivity contribution in [2.45, 2.75) is 0 Å². The van der Waals surface area contributed by atoms with Crippen LogP contribution in [0, 0.1) is 0 Å². The van der Waals surface area contributed by atoms with Crippen LogP contribution in [0.2, 0.25) is 0 Å². The minimum Gasteiger partial charge on any atom is -0.456 e. The number of thiophene rings is 1. The van der Waals surface area contributed by atoms with E-state index in [0.717, 1.165) is 76.4 Å². The van der Waals surface area contributed by atoms with Gasteiger partial charge < -0.3 is 8.83 Å². The zero-order valence-electron chi connectivity index (χ0n) is 27.0. The van der Waals surface area contributed by atoms with E-state index in [-0.39, 0.29) is 0 Å². The number of hydrogen-bond acceptors (Lipinski definition) is 6. The second-order valence-corrected chi connectivity index (χ2v) is 13.8. The molecule has 0 aliphatic heterocycles. The van der Waals surface area contributed by atoms with Crippen LogP contribution in [0.4, 0.5) is 0 Å². The van der Waals surface area contributed by atoms with Gasteiger partial charge >= 0.3 is 0 Å². The van der Waals surface area contributed by atoms with Crippen molar-refractivity contribution < 1.29 is 8.83 Å². The number of fused-ring (bicyclic) bond motifs is 9. The van der Waals surface area contributed by atoms with Gasteiger partial charge in [-0.3, -0.25) is 0 Å². The zero-order valence-corrected chi connectivity index (χ0v) is 27.8. The number of nitrogens with zero attached hydrogens (tertiary/aromatic N) is 3. The van der Waals surface area contributed by atoms with Gasteiger partial charge in [0, 0.05) is 64.0 Å². The van der Waals surface area contributed by atoms with E-state index >= 15 is 0 Å². The molecule has 4 heterocycles. The minimum absolute atomic E-state index is 0.616. The highest BCUT2D eigenvalue weighted by atomic mass is 32.1. The largest absolute Gasteiger partial charge is 0.456 e. The van der Waals surface area contributed by atoms with Crippen molar-refractivity contribution in [2.24, 2.45) is 0 Å². The molecule has 0 amide bonds. The van der Waals surface area contributed by atoms with Gasteiger partial charge in [0.25, 0.3) is 0 Å². The third-order valence-corrected chi connectivity index (χ3v) is 11.0. The molecule has 0 bridgehead atoms. The lowest BCUT2D eigenvalue weighted by Crippen LogP contribution is -2.00. The molecule has 4 aromatic heterocycles. The second kappa shape index (κ2) is 10.9. The topological polar surface area (TPSA) is 65.0 Å². The zero-order chi connectivity index (χ0) is 33.5. The molecule has 238 valence electrons. The Morgan fingerprint density at radius 1 is 0.373 bits per heavy atom. The first-order chi connectivity index (χ1) is 25.2. The number of furan rings is 2. The third-order valence-electron chi connectivity index (χ3n) is 9.76. The Morgan fingerprint density at radius 3 is 1.82 bits per heavy atom. The minimum atomic E-state index is 0.616. The fraction of sp³-hybridized carbons (Fsp3) is 0. The highest BCUT2D eigenvalue weighted by Crippen LogP contribution is 2.43. The molecule has 0 aliphatic carbocycles. The van der Waals surface area contributed by atoms with Crippen molar-refractivity contribution in [3.63, 3.8) is 0 Å². The van der Waals surface area contributed by atoms with E-state index in [4.69, 9.17) is 23.8 Å². The molecule has 0 spiro atoms. The first kappa shape index (κ1) is 28.2. The lowest BCUT2D eigenvalue weighted by Gasteiger charge is -2.09. The molecular weight excluding hydrogens is 647 g/mol. The van der Waals surface area contributed by atoms with Crippen molar-refractivity contribution in [3.05, 3.63) is 152 Å². The Hall–Kier alpha value is -6.63. The summed E-state index contributed by atoms with van der Waals surface area (Å²) in [6.07, 6.45) is 0. The van der Waals surface area contributed by atoms with Crippen LogP contribution in [0.25, 0.3) is 109 Å². The molecular formula is C45H25N3O2S. The summed E-state index contributed by atoms with van der Waals surface area (Å²) in [6.45, 7) is 0. The van der Waals surface area contributed by atoms with Crippen LogP contribution < -0.4 is 0 Å². The molecule has 0 atom stereocenters. The standard InChI is InChI=1S/C45H25N3O2S/c1-2-10-26(11-3-1)43-46-44(28-20-22-39-35(25-28)31-13-5-6-18-37(31)49-39)48-45(47-43)34-17-9-16-33-36-24-27(21-23-40(36)51-42(33)34)29-14-8-15-32-30-12-4-7-19-38(30)50-41(29)32/h1-25H. The number of aromatic nitrogens is 3. The molecule has 11 aromatic rings. The normalized spacial score (nSPS) is 11.9. The Labute approximate surface area is 295 Å². The molecule has 0 saturated carbocycles. The Bertz CT molecular complexity index is 3160.